The summed E-state index contributed by atoms with van der Waals surface area (Å²) in [5.41, 5.74) is 0. The van der Waals surface area contributed by atoms with Crippen molar-refractivity contribution in [2.45, 2.75) is 102 Å². The van der Waals surface area contributed by atoms with Crippen LogP contribution >= 0.6 is 0 Å². The van der Waals surface area contributed by atoms with E-state index in [1.165, 1.54) is 25.7 Å². The molecule has 0 N–H and O–H groups in total. The predicted octanol–water partition coefficient (Wildman–Crippen LogP) is 4.45. The normalized spacial score (nSPS) is 15.6. The van der Waals surface area contributed by atoms with Crippen LogP contribution in [0.1, 0.15) is 91.9 Å². The van der Waals surface area contributed by atoms with E-state index in [4.69, 9.17) is 0 Å². The van der Waals surface area contributed by atoms with Gasteiger partial charge in [0.05, 0.1) is 0 Å². The van der Waals surface area contributed by atoms with Crippen LogP contribution in [0.4, 0.5) is 0 Å². The zero-order chi connectivity index (χ0) is 17.4. The summed E-state index contributed by atoms with van der Waals surface area (Å²) in [6, 6.07) is 0. The molecule has 23 heavy (non-hydrogen) atoms. The molecule has 4 nitrogen and oxygen atoms in total. The van der Waals surface area contributed by atoms with Gasteiger partial charge >= 0.3 is 19.5 Å². The number of rotatable bonds is 12. The molecule has 0 aromatic heterocycles. The second kappa shape index (κ2) is 20.9. The maximum Gasteiger partial charge on any atom is 2.00 e. The van der Waals surface area contributed by atoms with Crippen LogP contribution in [0, 0.1) is 0 Å². The summed E-state index contributed by atoms with van der Waals surface area (Å²) < 4.78 is 41.5. The van der Waals surface area contributed by atoms with Gasteiger partial charge in [-0.05, 0) is 12.8 Å². The molecule has 4 atom stereocenters. The van der Waals surface area contributed by atoms with Crippen molar-refractivity contribution in [3.05, 3.63) is 0 Å². The van der Waals surface area contributed by atoms with E-state index in [0.717, 1.165) is 38.5 Å². The van der Waals surface area contributed by atoms with Gasteiger partial charge in [-0.2, -0.15) is 0 Å². The van der Waals surface area contributed by atoms with Gasteiger partial charge in [-0.25, -0.2) is 0 Å². The maximum atomic E-state index is 10.4. The van der Waals surface area contributed by atoms with Gasteiger partial charge in [0.1, 0.15) is 0 Å². The van der Waals surface area contributed by atoms with Crippen LogP contribution in [0.15, 0.2) is 0 Å². The van der Waals surface area contributed by atoms with Crippen molar-refractivity contribution in [1.82, 2.24) is 0 Å². The van der Waals surface area contributed by atoms with Gasteiger partial charge < -0.3 is 9.11 Å². The summed E-state index contributed by atoms with van der Waals surface area (Å²) in [7, 11) is 0. The first-order valence-electron chi connectivity index (χ1n) is 8.52. The Labute approximate surface area is 161 Å². The molecule has 0 heterocycles. The fraction of sp³-hybridized carbons (Fsp3) is 1.00. The molecule has 0 fully saturated rings. The quantitative estimate of drug-likeness (QED) is 0.266. The van der Waals surface area contributed by atoms with Crippen LogP contribution in [-0.4, -0.2) is 28.0 Å². The Morgan fingerprint density at radius 1 is 0.696 bits per heavy atom. The molecule has 0 aliphatic heterocycles. The minimum atomic E-state index is -1.87. The molecule has 0 spiro atoms. The smallest absolute Gasteiger partial charge is 0.772 e. The largest absolute Gasteiger partial charge is 2.00 e. The van der Waals surface area contributed by atoms with E-state index in [1.54, 1.807) is 13.8 Å². The molecule has 0 rings (SSSR count). The molecule has 0 aromatic rings. The molecular formula is C16H34O4S2Zn. The van der Waals surface area contributed by atoms with Crippen LogP contribution in [0.2, 0.25) is 0 Å². The van der Waals surface area contributed by atoms with Gasteiger partial charge in [0.2, 0.25) is 0 Å². The third-order valence-corrected chi connectivity index (χ3v) is 5.37. The Morgan fingerprint density at radius 3 is 1.22 bits per heavy atom. The van der Waals surface area contributed by atoms with Gasteiger partial charge in [0, 0.05) is 10.5 Å². The zero-order valence-corrected chi connectivity index (χ0v) is 20.0. The van der Waals surface area contributed by atoms with Crippen molar-refractivity contribution in [1.29, 1.82) is 0 Å². The molecule has 0 amide bonds. The Bertz CT molecular complexity index is 263. The van der Waals surface area contributed by atoms with E-state index in [1.807, 2.05) is 0 Å². The Hall–Kier alpha value is 0.843. The summed E-state index contributed by atoms with van der Waals surface area (Å²) in [6.45, 7) is 7.81. The molecule has 0 bridgehead atoms. The Kier molecular flexibility index (Phi) is 26.0. The van der Waals surface area contributed by atoms with Crippen LogP contribution < -0.4 is 0 Å². The summed E-state index contributed by atoms with van der Waals surface area (Å²) in [5.74, 6) is 0. The van der Waals surface area contributed by atoms with Gasteiger partial charge in [0.25, 0.3) is 0 Å². The van der Waals surface area contributed by atoms with Gasteiger partial charge in [-0.15, -0.1) is 0 Å². The third kappa shape index (κ3) is 22.8. The van der Waals surface area contributed by atoms with Crippen molar-refractivity contribution in [3.63, 3.8) is 0 Å². The second-order valence-corrected chi connectivity index (χ2v) is 8.49. The second-order valence-electron chi connectivity index (χ2n) is 5.84. The van der Waals surface area contributed by atoms with Crippen molar-refractivity contribution >= 4 is 22.2 Å². The Balaban J connectivity index is -0.000000333. The molecule has 0 radical (unpaired) electrons. The van der Waals surface area contributed by atoms with E-state index >= 15 is 0 Å². The van der Waals surface area contributed by atoms with Crippen molar-refractivity contribution < 1.29 is 37.0 Å². The van der Waals surface area contributed by atoms with Crippen LogP contribution in [0.25, 0.3) is 0 Å². The molecule has 136 valence electrons. The predicted molar refractivity (Wildman–Crippen MR) is 94.3 cm³/mol. The minimum Gasteiger partial charge on any atom is -0.772 e. The average Bonchev–Trinajstić information content (AvgIpc) is 2.48. The molecule has 0 aromatic carbocycles. The summed E-state index contributed by atoms with van der Waals surface area (Å²) in [6.07, 6.45) is 10.9. The minimum absolute atomic E-state index is 0. The van der Waals surface area contributed by atoms with E-state index in [9.17, 15) is 17.5 Å². The number of hydrogen-bond donors (Lipinski definition) is 0. The van der Waals surface area contributed by atoms with Crippen molar-refractivity contribution in [3.8, 4) is 0 Å². The first-order chi connectivity index (χ1) is 10.4. The fourth-order valence-corrected chi connectivity index (χ4v) is 2.63. The van der Waals surface area contributed by atoms with E-state index in [2.05, 4.69) is 13.8 Å². The summed E-state index contributed by atoms with van der Waals surface area (Å²) in [5, 5.41) is -0.321. The summed E-state index contributed by atoms with van der Waals surface area (Å²) >= 11 is -3.73. The number of unbranched alkanes of at least 4 members (excludes halogenated alkanes) is 6. The number of hydrogen-bond acceptors (Lipinski definition) is 4. The Morgan fingerprint density at radius 2 is 1.00 bits per heavy atom. The van der Waals surface area contributed by atoms with Crippen molar-refractivity contribution in [2.24, 2.45) is 0 Å². The van der Waals surface area contributed by atoms with Gasteiger partial charge in [0.15, 0.2) is 0 Å². The fourth-order valence-electron chi connectivity index (χ4n) is 1.91. The average molecular weight is 420 g/mol. The van der Waals surface area contributed by atoms with E-state index in [0.29, 0.717) is 0 Å². The van der Waals surface area contributed by atoms with Crippen LogP contribution in [0.5, 0.6) is 0 Å². The molecule has 4 unspecified atom stereocenters. The standard InChI is InChI=1S/2C8H18O2S.Zn/c2*1-3-4-5-6-7-8(2)11(9)10;/h2*8H,3-7H2,1-2H3,(H,9,10);/q;;+2/p-2. The molecule has 0 saturated carbocycles. The third-order valence-electron chi connectivity index (χ3n) is 3.59. The van der Waals surface area contributed by atoms with Crippen molar-refractivity contribution in [2.75, 3.05) is 0 Å². The molecule has 0 saturated heterocycles. The molecule has 0 aliphatic rings. The SMILES string of the molecule is CCCCCCC(C)S(=O)[O-].CCCCCCC(C)S(=O)[O-].[Zn+2]. The maximum absolute atomic E-state index is 10.4. The monoisotopic (exact) mass is 418 g/mol. The zero-order valence-electron chi connectivity index (χ0n) is 15.4. The first kappa shape index (κ1) is 28.6. The van der Waals surface area contributed by atoms with Crippen LogP contribution in [0.3, 0.4) is 0 Å². The van der Waals surface area contributed by atoms with Gasteiger partial charge in [-0.3, -0.25) is 8.42 Å². The molecular weight excluding hydrogens is 386 g/mol. The van der Waals surface area contributed by atoms with E-state index < -0.39 is 22.2 Å². The summed E-state index contributed by atoms with van der Waals surface area (Å²) in [4.78, 5) is 0. The van der Waals surface area contributed by atoms with Crippen LogP contribution in [-0.2, 0) is 41.6 Å². The van der Waals surface area contributed by atoms with E-state index in [-0.39, 0.29) is 30.0 Å². The molecule has 7 heteroatoms. The molecule has 0 aliphatic carbocycles. The first-order valence-corrected chi connectivity index (χ1v) is 10.8. The topological polar surface area (TPSA) is 80.3 Å². The van der Waals surface area contributed by atoms with Gasteiger partial charge in [-0.1, -0.05) is 101 Å².